The number of hydrogen-bond donors (Lipinski definition) is 0. The molecule has 1 fully saturated rings. The van der Waals surface area contributed by atoms with E-state index < -0.39 is 0 Å². The van der Waals surface area contributed by atoms with Gasteiger partial charge in [0, 0.05) is 29.7 Å². The molecule has 2 aromatic heterocycles. The highest BCUT2D eigenvalue weighted by Gasteiger charge is 2.30. The number of esters is 1. The van der Waals surface area contributed by atoms with Gasteiger partial charge in [-0.2, -0.15) is 0 Å². The third-order valence-corrected chi connectivity index (χ3v) is 5.99. The van der Waals surface area contributed by atoms with Gasteiger partial charge in [0.05, 0.1) is 19.1 Å². The summed E-state index contributed by atoms with van der Waals surface area (Å²) >= 11 is 5.98. The third kappa shape index (κ3) is 4.53. The number of aromatic nitrogens is 2. The molecule has 3 heterocycles. The number of rotatable bonds is 5. The summed E-state index contributed by atoms with van der Waals surface area (Å²) in [5.41, 5.74) is 1.12. The topological polar surface area (TPSA) is 81.5 Å². The Morgan fingerprint density at radius 3 is 2.56 bits per heavy atom. The minimum atomic E-state index is -0.385. The zero-order valence-corrected chi connectivity index (χ0v) is 18.5. The van der Waals surface area contributed by atoms with E-state index in [-0.39, 0.29) is 35.5 Å². The molecule has 1 amide bonds. The summed E-state index contributed by atoms with van der Waals surface area (Å²) in [5, 5.41) is 1.32. The fourth-order valence-corrected chi connectivity index (χ4v) is 4.15. The Bertz CT molecular complexity index is 1200. The summed E-state index contributed by atoms with van der Waals surface area (Å²) in [7, 11) is 0. The van der Waals surface area contributed by atoms with Crippen molar-refractivity contribution in [1.29, 1.82) is 0 Å². The van der Waals surface area contributed by atoms with E-state index in [1.165, 1.54) is 4.57 Å². The number of nitrogens with zero attached hydrogens (tertiary/aromatic N) is 3. The number of halogens is 1. The largest absolute Gasteiger partial charge is 0.466 e. The Hall–Kier alpha value is -3.19. The van der Waals surface area contributed by atoms with Crippen LogP contribution in [-0.4, -0.2) is 46.0 Å². The van der Waals surface area contributed by atoms with E-state index in [1.54, 1.807) is 42.3 Å². The minimum absolute atomic E-state index is 0.106. The molecule has 166 valence electrons. The quantitative estimate of drug-likeness (QED) is 0.552. The van der Waals surface area contributed by atoms with Crippen molar-refractivity contribution >= 4 is 34.5 Å². The molecule has 1 aliphatic heterocycles. The van der Waals surface area contributed by atoms with Crippen molar-refractivity contribution in [2.45, 2.75) is 26.3 Å². The normalized spacial score (nSPS) is 14.5. The Labute approximate surface area is 190 Å². The third-order valence-electron chi connectivity index (χ3n) is 5.73. The van der Waals surface area contributed by atoms with Crippen molar-refractivity contribution in [1.82, 2.24) is 14.5 Å². The molecule has 0 bridgehead atoms. The highest BCUT2D eigenvalue weighted by atomic mass is 35.5. The molecule has 3 aromatic rings. The molecule has 0 aliphatic carbocycles. The van der Waals surface area contributed by atoms with E-state index in [4.69, 9.17) is 16.3 Å². The highest BCUT2D eigenvalue weighted by molar-refractivity contribution is 6.30. The Morgan fingerprint density at radius 2 is 1.88 bits per heavy atom. The summed E-state index contributed by atoms with van der Waals surface area (Å²) in [6, 6.07) is 12.4. The van der Waals surface area contributed by atoms with E-state index in [2.05, 4.69) is 4.98 Å². The van der Waals surface area contributed by atoms with Gasteiger partial charge in [0.15, 0.2) is 0 Å². The number of piperidine rings is 1. The minimum Gasteiger partial charge on any atom is -0.466 e. The van der Waals surface area contributed by atoms with Gasteiger partial charge in [-0.05, 0) is 55.7 Å². The molecule has 4 rings (SSSR count). The molecule has 0 atom stereocenters. The molecule has 0 radical (unpaired) electrons. The van der Waals surface area contributed by atoms with Gasteiger partial charge < -0.3 is 9.64 Å². The number of likely N-dealkylation sites (tertiary alicyclic amines) is 1. The van der Waals surface area contributed by atoms with E-state index in [0.29, 0.717) is 48.6 Å². The van der Waals surface area contributed by atoms with Gasteiger partial charge in [-0.25, -0.2) is 4.98 Å². The first-order valence-electron chi connectivity index (χ1n) is 10.7. The van der Waals surface area contributed by atoms with E-state index in [1.807, 2.05) is 18.2 Å². The zero-order valence-electron chi connectivity index (χ0n) is 17.8. The van der Waals surface area contributed by atoms with Crippen molar-refractivity contribution in [2.75, 3.05) is 19.7 Å². The van der Waals surface area contributed by atoms with Crippen LogP contribution >= 0.6 is 11.6 Å². The van der Waals surface area contributed by atoms with Gasteiger partial charge in [0.25, 0.3) is 11.5 Å². The number of ether oxygens (including phenoxy) is 1. The molecule has 1 aromatic carbocycles. The molecule has 0 unspecified atom stereocenters. The maximum Gasteiger partial charge on any atom is 0.309 e. The van der Waals surface area contributed by atoms with Gasteiger partial charge in [-0.15, -0.1) is 0 Å². The Kier molecular flexibility index (Phi) is 6.55. The molecule has 32 heavy (non-hydrogen) atoms. The monoisotopic (exact) mass is 453 g/mol. The number of pyridine rings is 2. The van der Waals surface area contributed by atoms with Crippen LogP contribution in [0.1, 0.15) is 35.7 Å². The SMILES string of the molecule is CCOC(=O)C1CCN(C(=O)c2cc3cccnc3n(Cc3ccc(Cl)cc3)c2=O)CC1. The smallest absolute Gasteiger partial charge is 0.309 e. The Balaban J connectivity index is 1.64. The summed E-state index contributed by atoms with van der Waals surface area (Å²) < 4.78 is 6.62. The van der Waals surface area contributed by atoms with Gasteiger partial charge in [-0.1, -0.05) is 23.7 Å². The van der Waals surface area contributed by atoms with Crippen molar-refractivity contribution in [2.24, 2.45) is 5.92 Å². The lowest BCUT2D eigenvalue weighted by Gasteiger charge is -2.31. The van der Waals surface area contributed by atoms with Crippen LogP contribution in [-0.2, 0) is 16.1 Å². The lowest BCUT2D eigenvalue weighted by Crippen LogP contribution is -2.43. The predicted molar refractivity (Wildman–Crippen MR) is 122 cm³/mol. The standard InChI is InChI=1S/C24H24ClN3O4/c1-2-32-24(31)17-9-12-27(13-10-17)22(29)20-14-18-4-3-11-26-21(18)28(23(20)30)15-16-5-7-19(25)8-6-16/h3-8,11,14,17H,2,9-10,12-13,15H2,1H3. The van der Waals surface area contributed by atoms with Gasteiger partial charge in [0.1, 0.15) is 11.2 Å². The molecule has 0 N–H and O–H groups in total. The number of benzene rings is 1. The number of amides is 1. The summed E-state index contributed by atoms with van der Waals surface area (Å²) in [5.74, 6) is -0.754. The van der Waals surface area contributed by atoms with E-state index >= 15 is 0 Å². The van der Waals surface area contributed by atoms with E-state index in [0.717, 1.165) is 5.56 Å². The second kappa shape index (κ2) is 9.53. The van der Waals surface area contributed by atoms with Crippen molar-refractivity contribution in [3.05, 3.63) is 75.2 Å². The van der Waals surface area contributed by atoms with E-state index in [9.17, 15) is 14.4 Å². The highest BCUT2D eigenvalue weighted by Crippen LogP contribution is 2.21. The maximum absolute atomic E-state index is 13.4. The average Bonchev–Trinajstić information content (AvgIpc) is 2.82. The first kappa shape index (κ1) is 22.0. The predicted octanol–water partition coefficient (Wildman–Crippen LogP) is 3.51. The molecule has 7 nitrogen and oxygen atoms in total. The number of hydrogen-bond acceptors (Lipinski definition) is 5. The summed E-state index contributed by atoms with van der Waals surface area (Å²) in [4.78, 5) is 44.7. The average molecular weight is 454 g/mol. The Morgan fingerprint density at radius 1 is 1.16 bits per heavy atom. The summed E-state index contributed by atoms with van der Waals surface area (Å²) in [6.07, 6.45) is 2.68. The van der Waals surface area contributed by atoms with Crippen LogP contribution in [0.25, 0.3) is 11.0 Å². The van der Waals surface area contributed by atoms with Crippen molar-refractivity contribution in [3.63, 3.8) is 0 Å². The van der Waals surface area contributed by atoms with Crippen LogP contribution < -0.4 is 5.56 Å². The lowest BCUT2D eigenvalue weighted by molar-refractivity contribution is -0.149. The molecule has 8 heteroatoms. The second-order valence-electron chi connectivity index (χ2n) is 7.81. The first-order valence-corrected chi connectivity index (χ1v) is 11.0. The van der Waals surface area contributed by atoms with Gasteiger partial charge >= 0.3 is 5.97 Å². The number of fused-ring (bicyclic) bond motifs is 1. The fourth-order valence-electron chi connectivity index (χ4n) is 4.03. The van der Waals surface area contributed by atoms with Crippen LogP contribution in [0.3, 0.4) is 0 Å². The summed E-state index contributed by atoms with van der Waals surface area (Å²) in [6.45, 7) is 3.21. The molecule has 1 aliphatic rings. The number of carbonyl (C=O) groups is 2. The molecular formula is C24H24ClN3O4. The van der Waals surface area contributed by atoms with Gasteiger partial charge in [-0.3, -0.25) is 19.0 Å². The zero-order chi connectivity index (χ0) is 22.7. The van der Waals surface area contributed by atoms with Crippen LogP contribution in [0.4, 0.5) is 0 Å². The van der Waals surface area contributed by atoms with Crippen molar-refractivity contribution < 1.29 is 14.3 Å². The molecule has 0 saturated carbocycles. The van der Waals surface area contributed by atoms with Crippen LogP contribution in [0.15, 0.2) is 53.5 Å². The van der Waals surface area contributed by atoms with Gasteiger partial charge in [0.2, 0.25) is 0 Å². The first-order chi connectivity index (χ1) is 15.5. The van der Waals surface area contributed by atoms with Crippen LogP contribution in [0.2, 0.25) is 5.02 Å². The fraction of sp³-hybridized carbons (Fsp3) is 0.333. The van der Waals surface area contributed by atoms with Crippen LogP contribution in [0, 0.1) is 5.92 Å². The molecule has 0 spiro atoms. The molecule has 1 saturated heterocycles. The molecular weight excluding hydrogens is 430 g/mol. The van der Waals surface area contributed by atoms with Crippen molar-refractivity contribution in [3.8, 4) is 0 Å². The lowest BCUT2D eigenvalue weighted by atomic mass is 9.96. The maximum atomic E-state index is 13.4. The second-order valence-corrected chi connectivity index (χ2v) is 8.25. The number of carbonyl (C=O) groups excluding carboxylic acids is 2. The van der Waals surface area contributed by atoms with Crippen LogP contribution in [0.5, 0.6) is 0 Å².